The van der Waals surface area contributed by atoms with E-state index < -0.39 is 5.25 Å². The summed E-state index contributed by atoms with van der Waals surface area (Å²) in [7, 11) is 0. The number of aryl methyl sites for hydroxylation is 1. The first-order valence-corrected chi connectivity index (χ1v) is 13.4. The molecule has 6 rings (SSSR count). The first-order chi connectivity index (χ1) is 18.6. The second kappa shape index (κ2) is 10.3. The first-order valence-electron chi connectivity index (χ1n) is 12.6. The van der Waals surface area contributed by atoms with E-state index in [-0.39, 0.29) is 31.1 Å². The lowest BCUT2D eigenvalue weighted by atomic mass is 9.97. The minimum atomic E-state index is -0.613. The summed E-state index contributed by atoms with van der Waals surface area (Å²) in [5.41, 5.74) is 4.94. The van der Waals surface area contributed by atoms with Gasteiger partial charge in [0.25, 0.3) is 5.91 Å². The van der Waals surface area contributed by atoms with Crippen molar-refractivity contribution in [1.29, 1.82) is 0 Å². The van der Waals surface area contributed by atoms with Gasteiger partial charge in [-0.05, 0) is 35.2 Å². The highest BCUT2D eigenvalue weighted by molar-refractivity contribution is 8.15. The van der Waals surface area contributed by atoms with Gasteiger partial charge in [0.05, 0.1) is 11.8 Å². The monoisotopic (exact) mass is 526 g/mol. The Balaban J connectivity index is 1.18. The Morgan fingerprint density at radius 1 is 1.05 bits per heavy atom. The summed E-state index contributed by atoms with van der Waals surface area (Å²) in [5.74, 6) is 0.628. The summed E-state index contributed by atoms with van der Waals surface area (Å²) in [6.07, 6.45) is 1.66. The molecule has 1 N–H and O–H groups in total. The highest BCUT2D eigenvalue weighted by Gasteiger charge is 2.39. The standard InChI is InChI=1S/C29H26N4O4S/c1-2-18-8-10-20(11-9-18)23-15-22(19-6-4-3-5-7-19)32-33(23)29-31-28(35)26(38-29)16-27(34)30-21-12-13-24-25(14-21)37-17-36-24/h3-14,23,26H,2,15-17H2,1H3,(H,30,34)/t23-,26+/m1/s1. The minimum absolute atomic E-state index is 0.00387. The highest BCUT2D eigenvalue weighted by atomic mass is 32.2. The Hall–Kier alpha value is -4.11. The average Bonchev–Trinajstić information content (AvgIpc) is 3.68. The molecule has 0 saturated carbocycles. The third kappa shape index (κ3) is 4.89. The molecular formula is C29H26N4O4S. The lowest BCUT2D eigenvalue weighted by Gasteiger charge is -2.23. The molecule has 3 heterocycles. The van der Waals surface area contributed by atoms with Crippen molar-refractivity contribution in [3.63, 3.8) is 0 Å². The second-order valence-electron chi connectivity index (χ2n) is 9.23. The summed E-state index contributed by atoms with van der Waals surface area (Å²) in [6, 6.07) is 23.7. The highest BCUT2D eigenvalue weighted by Crippen LogP contribution is 2.39. The fourth-order valence-corrected chi connectivity index (χ4v) is 5.75. The summed E-state index contributed by atoms with van der Waals surface area (Å²) in [4.78, 5) is 30.0. The molecule has 2 atom stereocenters. The van der Waals surface area contributed by atoms with E-state index in [1.807, 2.05) is 35.3 Å². The quantitative estimate of drug-likeness (QED) is 0.477. The van der Waals surface area contributed by atoms with E-state index in [4.69, 9.17) is 14.6 Å². The molecule has 0 aromatic heterocycles. The van der Waals surface area contributed by atoms with Crippen LogP contribution in [0, 0.1) is 0 Å². The summed E-state index contributed by atoms with van der Waals surface area (Å²) >= 11 is 1.29. The number of carbonyl (C=O) groups is 2. The van der Waals surface area contributed by atoms with Crippen molar-refractivity contribution in [3.05, 3.63) is 89.5 Å². The Labute approximate surface area is 224 Å². The van der Waals surface area contributed by atoms with Crippen molar-refractivity contribution in [3.8, 4) is 11.5 Å². The van der Waals surface area contributed by atoms with Crippen molar-refractivity contribution in [2.24, 2.45) is 10.1 Å². The van der Waals surface area contributed by atoms with Gasteiger partial charge >= 0.3 is 0 Å². The van der Waals surface area contributed by atoms with Crippen molar-refractivity contribution in [1.82, 2.24) is 5.01 Å². The number of thioether (sulfide) groups is 1. The number of ether oxygens (including phenoxy) is 2. The zero-order chi connectivity index (χ0) is 26.1. The largest absolute Gasteiger partial charge is 0.454 e. The predicted molar refractivity (Wildman–Crippen MR) is 148 cm³/mol. The third-order valence-corrected chi connectivity index (χ3v) is 7.88. The van der Waals surface area contributed by atoms with Gasteiger partial charge in [-0.15, -0.1) is 0 Å². The third-order valence-electron chi connectivity index (χ3n) is 6.74. The second-order valence-corrected chi connectivity index (χ2v) is 10.4. The van der Waals surface area contributed by atoms with Gasteiger partial charge in [-0.25, -0.2) is 5.01 Å². The van der Waals surface area contributed by atoms with Gasteiger partial charge in [0.15, 0.2) is 16.7 Å². The maximum absolute atomic E-state index is 12.9. The van der Waals surface area contributed by atoms with Gasteiger partial charge in [0, 0.05) is 24.6 Å². The SMILES string of the molecule is CCc1ccc([C@H]2CC(c3ccccc3)=NN2C2=NC(=O)[C@H](CC(=O)Nc3ccc4c(c3)OCO4)S2)cc1. The van der Waals surface area contributed by atoms with Crippen LogP contribution in [0.1, 0.15) is 42.5 Å². The molecular weight excluding hydrogens is 500 g/mol. The summed E-state index contributed by atoms with van der Waals surface area (Å²) in [6.45, 7) is 2.29. The lowest BCUT2D eigenvalue weighted by molar-refractivity contribution is -0.121. The van der Waals surface area contributed by atoms with Gasteiger partial charge in [0.1, 0.15) is 5.25 Å². The van der Waals surface area contributed by atoms with Crippen LogP contribution >= 0.6 is 11.8 Å². The maximum atomic E-state index is 12.9. The molecule has 3 aromatic carbocycles. The van der Waals surface area contributed by atoms with Crippen LogP contribution in [0.4, 0.5) is 5.69 Å². The van der Waals surface area contributed by atoms with Crippen molar-refractivity contribution >= 4 is 40.1 Å². The number of anilines is 1. The van der Waals surface area contributed by atoms with E-state index in [1.54, 1.807) is 18.2 Å². The van der Waals surface area contributed by atoms with Crippen LogP contribution in [-0.4, -0.2) is 39.7 Å². The summed E-state index contributed by atoms with van der Waals surface area (Å²) in [5, 5.41) is 9.51. The van der Waals surface area contributed by atoms with Gasteiger partial charge in [-0.3, -0.25) is 9.59 Å². The number of aliphatic imine (C=N–C) groups is 1. The van der Waals surface area contributed by atoms with Crippen molar-refractivity contribution in [2.45, 2.75) is 37.5 Å². The Kier molecular flexibility index (Phi) is 6.59. The molecule has 3 aromatic rings. The van der Waals surface area contributed by atoms with Crippen LogP contribution in [0.25, 0.3) is 0 Å². The minimum Gasteiger partial charge on any atom is -0.454 e. The molecule has 8 nitrogen and oxygen atoms in total. The van der Waals surface area contributed by atoms with Gasteiger partial charge < -0.3 is 14.8 Å². The number of rotatable bonds is 6. The number of hydrogen-bond donors (Lipinski definition) is 1. The van der Waals surface area contributed by atoms with Crippen molar-refractivity contribution < 1.29 is 19.1 Å². The molecule has 192 valence electrons. The number of benzene rings is 3. The molecule has 0 fully saturated rings. The number of fused-ring (bicyclic) bond motifs is 1. The molecule has 38 heavy (non-hydrogen) atoms. The van der Waals surface area contributed by atoms with Gasteiger partial charge in [-0.2, -0.15) is 10.1 Å². The number of carbonyl (C=O) groups excluding carboxylic acids is 2. The molecule has 0 unspecified atom stereocenters. The van der Waals surface area contributed by atoms with Crippen LogP contribution in [0.15, 0.2) is 82.9 Å². The number of hydrogen-bond acceptors (Lipinski definition) is 7. The molecule has 3 aliphatic rings. The number of nitrogens with one attached hydrogen (secondary N) is 1. The van der Waals surface area contributed by atoms with E-state index in [9.17, 15) is 9.59 Å². The van der Waals surface area contributed by atoms with Crippen LogP contribution in [0.3, 0.4) is 0 Å². The smallest absolute Gasteiger partial charge is 0.262 e. The molecule has 9 heteroatoms. The normalized spacial score (nSPS) is 19.9. The molecule has 0 bridgehead atoms. The molecule has 0 radical (unpaired) electrons. The number of amides is 2. The van der Waals surface area contributed by atoms with E-state index >= 15 is 0 Å². The molecule has 0 saturated heterocycles. The van der Waals surface area contributed by atoms with Crippen LogP contribution in [-0.2, 0) is 16.0 Å². The van der Waals surface area contributed by atoms with Crippen LogP contribution in [0.2, 0.25) is 0 Å². The van der Waals surface area contributed by atoms with E-state index in [0.29, 0.717) is 28.8 Å². The zero-order valence-electron chi connectivity index (χ0n) is 20.8. The van der Waals surface area contributed by atoms with Crippen LogP contribution < -0.4 is 14.8 Å². The topological polar surface area (TPSA) is 92.6 Å². The van der Waals surface area contributed by atoms with Crippen molar-refractivity contribution in [2.75, 3.05) is 12.1 Å². The first kappa shape index (κ1) is 24.2. The molecule has 3 aliphatic heterocycles. The molecule has 2 amide bonds. The fourth-order valence-electron chi connectivity index (χ4n) is 4.69. The van der Waals surface area contributed by atoms with E-state index in [2.05, 4.69) is 41.5 Å². The maximum Gasteiger partial charge on any atom is 0.262 e. The number of hydrazone groups is 1. The van der Waals surface area contributed by atoms with E-state index in [1.165, 1.54) is 17.3 Å². The summed E-state index contributed by atoms with van der Waals surface area (Å²) < 4.78 is 10.7. The Morgan fingerprint density at radius 2 is 1.84 bits per heavy atom. The molecule has 0 spiro atoms. The molecule has 0 aliphatic carbocycles. The predicted octanol–water partition coefficient (Wildman–Crippen LogP) is 5.16. The number of nitrogens with zero attached hydrogens (tertiary/aromatic N) is 3. The van der Waals surface area contributed by atoms with Crippen LogP contribution in [0.5, 0.6) is 11.5 Å². The Morgan fingerprint density at radius 3 is 2.63 bits per heavy atom. The lowest BCUT2D eigenvalue weighted by Crippen LogP contribution is -2.25. The Bertz CT molecular complexity index is 1440. The number of amidine groups is 1. The average molecular weight is 527 g/mol. The van der Waals surface area contributed by atoms with Gasteiger partial charge in [0.2, 0.25) is 12.7 Å². The zero-order valence-corrected chi connectivity index (χ0v) is 21.6. The van der Waals surface area contributed by atoms with Gasteiger partial charge in [-0.1, -0.05) is 73.3 Å². The fraction of sp³-hybridized carbons (Fsp3) is 0.241. The van der Waals surface area contributed by atoms with E-state index in [0.717, 1.165) is 23.3 Å².